The minimum absolute atomic E-state index is 0.0875. The largest absolute Gasteiger partial charge is 0.497 e. The van der Waals surface area contributed by atoms with Gasteiger partial charge in [-0.3, -0.25) is 9.10 Å². The van der Waals surface area contributed by atoms with Gasteiger partial charge in [-0.1, -0.05) is 60.1 Å². The number of methoxy groups -OCH3 is 1. The van der Waals surface area contributed by atoms with E-state index in [-0.39, 0.29) is 4.90 Å². The van der Waals surface area contributed by atoms with Crippen LogP contribution in [0.3, 0.4) is 0 Å². The number of anilines is 2. The molecular formula is C28H25ClN2O4S2. The molecule has 0 saturated carbocycles. The lowest BCUT2D eigenvalue weighted by molar-refractivity contribution is -0.114. The van der Waals surface area contributed by atoms with Gasteiger partial charge in [-0.05, 0) is 54.1 Å². The summed E-state index contributed by atoms with van der Waals surface area (Å²) in [7, 11) is -2.52. The Hall–Kier alpha value is -3.46. The maximum atomic E-state index is 13.6. The second-order valence-corrected chi connectivity index (χ2v) is 11.3. The average molecular weight is 553 g/mol. The number of thioether (sulfide) groups is 1. The second-order valence-electron chi connectivity index (χ2n) is 7.99. The molecule has 0 spiro atoms. The fourth-order valence-electron chi connectivity index (χ4n) is 3.56. The maximum Gasteiger partial charge on any atom is 0.264 e. The molecule has 0 fully saturated rings. The number of hydrogen-bond acceptors (Lipinski definition) is 5. The summed E-state index contributed by atoms with van der Waals surface area (Å²) in [4.78, 5) is 14.2. The van der Waals surface area contributed by atoms with Gasteiger partial charge in [-0.2, -0.15) is 0 Å². The number of hydrogen-bond donors (Lipinski definition) is 1. The molecule has 1 amide bonds. The summed E-state index contributed by atoms with van der Waals surface area (Å²) in [6.07, 6.45) is 0. The minimum atomic E-state index is -4.03. The van der Waals surface area contributed by atoms with Crippen molar-refractivity contribution in [1.82, 2.24) is 0 Å². The van der Waals surface area contributed by atoms with Crippen LogP contribution in [0.2, 0.25) is 5.02 Å². The van der Waals surface area contributed by atoms with Crippen LogP contribution in [0.4, 0.5) is 11.4 Å². The van der Waals surface area contributed by atoms with Gasteiger partial charge in [0.2, 0.25) is 5.91 Å². The smallest absolute Gasteiger partial charge is 0.264 e. The number of halogens is 1. The Morgan fingerprint density at radius 1 is 0.919 bits per heavy atom. The van der Waals surface area contributed by atoms with Crippen molar-refractivity contribution in [2.75, 3.05) is 23.3 Å². The summed E-state index contributed by atoms with van der Waals surface area (Å²) >= 11 is 7.54. The Bertz CT molecular complexity index is 1460. The van der Waals surface area contributed by atoms with Crippen LogP contribution in [0.5, 0.6) is 5.75 Å². The zero-order chi connectivity index (χ0) is 26.3. The van der Waals surface area contributed by atoms with Crippen molar-refractivity contribution in [2.24, 2.45) is 0 Å². The summed E-state index contributed by atoms with van der Waals surface area (Å²) in [6.45, 7) is -0.416. The van der Waals surface area contributed by atoms with Crippen LogP contribution in [0.15, 0.2) is 113 Å². The van der Waals surface area contributed by atoms with E-state index in [2.05, 4.69) is 5.32 Å². The zero-order valence-corrected chi connectivity index (χ0v) is 22.4. The van der Waals surface area contributed by atoms with E-state index in [0.717, 1.165) is 14.8 Å². The second kappa shape index (κ2) is 12.2. The highest BCUT2D eigenvalue weighted by molar-refractivity contribution is 7.98. The number of benzene rings is 4. The van der Waals surface area contributed by atoms with Crippen LogP contribution in [-0.4, -0.2) is 28.0 Å². The van der Waals surface area contributed by atoms with Crippen LogP contribution in [0.25, 0.3) is 0 Å². The summed E-state index contributed by atoms with van der Waals surface area (Å²) in [5, 5.41) is 3.56. The average Bonchev–Trinajstić information content (AvgIpc) is 2.92. The fourth-order valence-corrected chi connectivity index (χ4v) is 6.08. The molecule has 0 aliphatic carbocycles. The Morgan fingerprint density at radius 3 is 2.35 bits per heavy atom. The topological polar surface area (TPSA) is 75.7 Å². The molecule has 4 aromatic rings. The van der Waals surface area contributed by atoms with Crippen molar-refractivity contribution in [2.45, 2.75) is 15.5 Å². The number of nitrogens with one attached hydrogen (secondary N) is 1. The van der Waals surface area contributed by atoms with Gasteiger partial charge in [0.05, 0.1) is 23.4 Å². The Morgan fingerprint density at radius 2 is 1.62 bits per heavy atom. The van der Waals surface area contributed by atoms with Gasteiger partial charge in [0.25, 0.3) is 10.0 Å². The fraction of sp³-hybridized carbons (Fsp3) is 0.107. The van der Waals surface area contributed by atoms with Crippen LogP contribution in [-0.2, 0) is 20.6 Å². The highest BCUT2D eigenvalue weighted by atomic mass is 35.5. The van der Waals surface area contributed by atoms with Crippen molar-refractivity contribution in [3.05, 3.63) is 114 Å². The SMILES string of the molecule is COc1cccc(N(CC(=O)Nc2ccccc2SCc2ccc(Cl)cc2)S(=O)(=O)c2ccccc2)c1. The predicted octanol–water partition coefficient (Wildman–Crippen LogP) is 6.47. The summed E-state index contributed by atoms with van der Waals surface area (Å²) in [5.74, 6) is 0.694. The molecule has 0 unspecified atom stereocenters. The Balaban J connectivity index is 1.57. The molecule has 9 heteroatoms. The van der Waals surface area contributed by atoms with Gasteiger partial charge in [0.1, 0.15) is 12.3 Å². The minimum Gasteiger partial charge on any atom is -0.497 e. The van der Waals surface area contributed by atoms with E-state index in [9.17, 15) is 13.2 Å². The third-order valence-corrected chi connectivity index (χ3v) is 8.61. The van der Waals surface area contributed by atoms with Crippen molar-refractivity contribution in [1.29, 1.82) is 0 Å². The van der Waals surface area contributed by atoms with Gasteiger partial charge in [0, 0.05) is 21.7 Å². The van der Waals surface area contributed by atoms with Gasteiger partial charge in [0.15, 0.2) is 0 Å². The maximum absolute atomic E-state index is 13.6. The number of sulfonamides is 1. The first kappa shape index (κ1) is 26.6. The molecule has 0 atom stereocenters. The number of rotatable bonds is 10. The number of ether oxygens (including phenoxy) is 1. The number of para-hydroxylation sites is 1. The quantitative estimate of drug-likeness (QED) is 0.228. The number of carbonyl (C=O) groups is 1. The molecule has 0 aliphatic rings. The molecule has 4 rings (SSSR count). The standard InChI is InChI=1S/C28H25ClN2O4S2/c1-35-24-9-7-8-23(18-24)31(37(33,34)25-10-3-2-4-11-25)19-28(32)30-26-12-5-6-13-27(26)36-20-21-14-16-22(29)17-15-21/h2-18H,19-20H2,1H3,(H,30,32). The molecule has 37 heavy (non-hydrogen) atoms. The van der Waals surface area contributed by atoms with E-state index in [1.807, 2.05) is 42.5 Å². The van der Waals surface area contributed by atoms with E-state index in [1.165, 1.54) is 19.2 Å². The molecule has 1 N–H and O–H groups in total. The molecular weight excluding hydrogens is 528 g/mol. The lowest BCUT2D eigenvalue weighted by Crippen LogP contribution is -2.38. The van der Waals surface area contributed by atoms with Gasteiger partial charge >= 0.3 is 0 Å². The zero-order valence-electron chi connectivity index (χ0n) is 20.0. The highest BCUT2D eigenvalue weighted by Crippen LogP contribution is 2.31. The predicted molar refractivity (Wildman–Crippen MR) is 150 cm³/mol. The van der Waals surface area contributed by atoms with Crippen molar-refractivity contribution < 1.29 is 17.9 Å². The normalized spacial score (nSPS) is 11.1. The number of amides is 1. The van der Waals surface area contributed by atoms with Crippen molar-refractivity contribution in [3.63, 3.8) is 0 Å². The summed E-state index contributed by atoms with van der Waals surface area (Å²) < 4.78 is 33.5. The Labute approximate surface area is 226 Å². The molecule has 0 aliphatic heterocycles. The van der Waals surface area contributed by atoms with E-state index in [1.54, 1.807) is 60.3 Å². The lowest BCUT2D eigenvalue weighted by atomic mass is 10.2. The van der Waals surface area contributed by atoms with E-state index in [0.29, 0.717) is 27.9 Å². The molecule has 4 aromatic carbocycles. The molecule has 0 saturated heterocycles. The van der Waals surface area contributed by atoms with Crippen LogP contribution >= 0.6 is 23.4 Å². The molecule has 0 aromatic heterocycles. The monoisotopic (exact) mass is 552 g/mol. The van der Waals surface area contributed by atoms with Crippen LogP contribution < -0.4 is 14.4 Å². The first-order chi connectivity index (χ1) is 17.9. The first-order valence-corrected chi connectivity index (χ1v) is 14.1. The number of carbonyl (C=O) groups excluding carboxylic acids is 1. The third kappa shape index (κ3) is 6.85. The Kier molecular flexibility index (Phi) is 8.76. The van der Waals surface area contributed by atoms with Crippen LogP contribution in [0, 0.1) is 0 Å². The van der Waals surface area contributed by atoms with E-state index < -0.39 is 22.5 Å². The van der Waals surface area contributed by atoms with Gasteiger partial charge in [-0.25, -0.2) is 8.42 Å². The molecule has 0 heterocycles. The van der Waals surface area contributed by atoms with Crippen molar-refractivity contribution >= 4 is 50.7 Å². The molecule has 190 valence electrons. The molecule has 0 bridgehead atoms. The summed E-state index contributed by atoms with van der Waals surface area (Å²) in [6, 6.07) is 29.7. The van der Waals surface area contributed by atoms with E-state index in [4.69, 9.17) is 16.3 Å². The highest BCUT2D eigenvalue weighted by Gasteiger charge is 2.27. The van der Waals surface area contributed by atoms with Crippen molar-refractivity contribution in [3.8, 4) is 5.75 Å². The van der Waals surface area contributed by atoms with Gasteiger partial charge in [-0.15, -0.1) is 11.8 Å². The molecule has 6 nitrogen and oxygen atoms in total. The molecule has 0 radical (unpaired) electrons. The van der Waals surface area contributed by atoms with Gasteiger partial charge < -0.3 is 10.1 Å². The van der Waals surface area contributed by atoms with Crippen LogP contribution in [0.1, 0.15) is 5.56 Å². The summed E-state index contributed by atoms with van der Waals surface area (Å²) in [5.41, 5.74) is 2.02. The lowest BCUT2D eigenvalue weighted by Gasteiger charge is -2.24. The number of nitrogens with zero attached hydrogens (tertiary/aromatic N) is 1. The first-order valence-electron chi connectivity index (χ1n) is 11.3. The van der Waals surface area contributed by atoms with E-state index >= 15 is 0 Å². The third-order valence-electron chi connectivity index (χ3n) is 5.43.